The molecule has 1 aromatic carbocycles. The topological polar surface area (TPSA) is 30.5 Å². The van der Waals surface area contributed by atoms with Crippen molar-refractivity contribution >= 4 is 23.5 Å². The van der Waals surface area contributed by atoms with Crippen LogP contribution in [0.4, 0.5) is 0 Å². The van der Waals surface area contributed by atoms with Crippen LogP contribution in [0.1, 0.15) is 18.4 Å². The molecule has 20 heavy (non-hydrogen) atoms. The number of rotatable bonds is 8. The molecule has 0 amide bonds. The smallest absolute Gasteiger partial charge is 0.161 e. The van der Waals surface area contributed by atoms with Gasteiger partial charge in [0.15, 0.2) is 11.5 Å². The van der Waals surface area contributed by atoms with E-state index in [9.17, 15) is 0 Å². The SMILES string of the molecule is COc1cc(CNCC2(SC)CC2)c(SC)cc1OC. The van der Waals surface area contributed by atoms with E-state index >= 15 is 0 Å². The third kappa shape index (κ3) is 3.57. The molecule has 1 N–H and O–H groups in total. The predicted octanol–water partition coefficient (Wildman–Crippen LogP) is 3.41. The zero-order chi connectivity index (χ0) is 14.6. The number of thioether (sulfide) groups is 2. The van der Waals surface area contributed by atoms with E-state index in [1.54, 1.807) is 26.0 Å². The van der Waals surface area contributed by atoms with Gasteiger partial charge in [-0.05, 0) is 43.0 Å². The fraction of sp³-hybridized carbons (Fsp3) is 0.600. The highest BCUT2D eigenvalue weighted by molar-refractivity contribution is 8.00. The summed E-state index contributed by atoms with van der Waals surface area (Å²) in [5.74, 6) is 1.59. The van der Waals surface area contributed by atoms with E-state index in [2.05, 4.69) is 30.0 Å². The Kier molecular flexibility index (Phi) is 5.52. The van der Waals surface area contributed by atoms with Crippen LogP contribution < -0.4 is 14.8 Å². The molecule has 0 heterocycles. The summed E-state index contributed by atoms with van der Waals surface area (Å²) in [5, 5.41) is 3.59. The zero-order valence-corrected chi connectivity index (χ0v) is 14.2. The van der Waals surface area contributed by atoms with Gasteiger partial charge in [-0.15, -0.1) is 11.8 Å². The first-order chi connectivity index (χ1) is 9.68. The maximum absolute atomic E-state index is 5.39. The van der Waals surface area contributed by atoms with E-state index in [4.69, 9.17) is 9.47 Å². The Morgan fingerprint density at radius 3 is 2.30 bits per heavy atom. The minimum absolute atomic E-state index is 0.496. The molecule has 1 aliphatic carbocycles. The molecule has 0 saturated heterocycles. The minimum Gasteiger partial charge on any atom is -0.493 e. The number of hydrogen-bond acceptors (Lipinski definition) is 5. The first kappa shape index (κ1) is 15.9. The molecule has 0 spiro atoms. The van der Waals surface area contributed by atoms with Crippen LogP contribution in [-0.4, -0.2) is 38.0 Å². The Labute approximate surface area is 130 Å². The van der Waals surface area contributed by atoms with Crippen LogP contribution in [0.15, 0.2) is 17.0 Å². The van der Waals surface area contributed by atoms with Gasteiger partial charge in [-0.2, -0.15) is 11.8 Å². The average Bonchev–Trinajstić information content (AvgIpc) is 3.27. The Hall–Kier alpha value is -0.520. The van der Waals surface area contributed by atoms with Crippen molar-refractivity contribution < 1.29 is 9.47 Å². The molecule has 1 fully saturated rings. The van der Waals surface area contributed by atoms with Crippen molar-refractivity contribution in [1.29, 1.82) is 0 Å². The Morgan fingerprint density at radius 2 is 1.80 bits per heavy atom. The van der Waals surface area contributed by atoms with E-state index < -0.39 is 0 Å². The molecule has 2 rings (SSSR count). The van der Waals surface area contributed by atoms with E-state index in [1.165, 1.54) is 23.3 Å². The van der Waals surface area contributed by atoms with E-state index in [1.807, 2.05) is 11.8 Å². The van der Waals surface area contributed by atoms with Crippen LogP contribution in [0.3, 0.4) is 0 Å². The highest BCUT2D eigenvalue weighted by Gasteiger charge is 2.41. The Bertz CT molecular complexity index is 461. The molecule has 0 radical (unpaired) electrons. The van der Waals surface area contributed by atoms with Crippen molar-refractivity contribution in [2.45, 2.75) is 29.0 Å². The van der Waals surface area contributed by atoms with Crippen molar-refractivity contribution in [2.24, 2.45) is 0 Å². The van der Waals surface area contributed by atoms with Gasteiger partial charge in [0.05, 0.1) is 14.2 Å². The second-order valence-electron chi connectivity index (χ2n) is 5.01. The van der Waals surface area contributed by atoms with Gasteiger partial charge < -0.3 is 14.8 Å². The highest BCUT2D eigenvalue weighted by Crippen LogP contribution is 2.46. The summed E-state index contributed by atoms with van der Waals surface area (Å²) >= 11 is 3.73. The zero-order valence-electron chi connectivity index (χ0n) is 12.6. The van der Waals surface area contributed by atoms with Crippen LogP contribution >= 0.6 is 23.5 Å². The van der Waals surface area contributed by atoms with Crippen LogP contribution in [-0.2, 0) is 6.54 Å². The van der Waals surface area contributed by atoms with Gasteiger partial charge in [-0.3, -0.25) is 0 Å². The standard InChI is InChI=1S/C15H23NO2S2/c1-17-12-7-11(14(19-3)8-13(12)18-2)9-16-10-15(20-4)5-6-15/h7-8,16H,5-6,9-10H2,1-4H3. The van der Waals surface area contributed by atoms with Crippen molar-refractivity contribution in [2.75, 3.05) is 33.3 Å². The van der Waals surface area contributed by atoms with Gasteiger partial charge in [0.25, 0.3) is 0 Å². The summed E-state index contributed by atoms with van der Waals surface area (Å²) in [6.07, 6.45) is 6.97. The first-order valence-electron chi connectivity index (χ1n) is 6.73. The van der Waals surface area contributed by atoms with Gasteiger partial charge >= 0.3 is 0 Å². The van der Waals surface area contributed by atoms with Gasteiger partial charge in [0.1, 0.15) is 0 Å². The summed E-state index contributed by atoms with van der Waals surface area (Å²) in [7, 11) is 3.36. The Morgan fingerprint density at radius 1 is 1.15 bits per heavy atom. The summed E-state index contributed by atoms with van der Waals surface area (Å²) in [6, 6.07) is 4.14. The molecule has 5 heteroatoms. The predicted molar refractivity (Wildman–Crippen MR) is 88.5 cm³/mol. The fourth-order valence-electron chi connectivity index (χ4n) is 2.25. The first-order valence-corrected chi connectivity index (χ1v) is 9.18. The maximum Gasteiger partial charge on any atom is 0.161 e. The molecular weight excluding hydrogens is 290 g/mol. The van der Waals surface area contributed by atoms with Crippen molar-refractivity contribution in [3.05, 3.63) is 17.7 Å². The van der Waals surface area contributed by atoms with Crippen molar-refractivity contribution in [3.8, 4) is 11.5 Å². The normalized spacial score (nSPS) is 16.0. The Balaban J connectivity index is 2.05. The van der Waals surface area contributed by atoms with E-state index in [0.717, 1.165) is 24.6 Å². The highest BCUT2D eigenvalue weighted by atomic mass is 32.2. The number of nitrogens with one attached hydrogen (secondary N) is 1. The van der Waals surface area contributed by atoms with E-state index in [0.29, 0.717) is 4.75 Å². The molecule has 1 aromatic rings. The summed E-state index contributed by atoms with van der Waals surface area (Å²) in [4.78, 5) is 1.24. The molecule has 0 atom stereocenters. The molecule has 0 bridgehead atoms. The second kappa shape index (κ2) is 6.96. The third-order valence-electron chi connectivity index (χ3n) is 3.79. The largest absolute Gasteiger partial charge is 0.493 e. The summed E-state index contributed by atoms with van der Waals surface area (Å²) < 4.78 is 11.2. The molecule has 0 aromatic heterocycles. The molecule has 112 valence electrons. The molecule has 3 nitrogen and oxygen atoms in total. The van der Waals surface area contributed by atoms with Crippen LogP contribution in [0.2, 0.25) is 0 Å². The fourth-order valence-corrected chi connectivity index (χ4v) is 3.62. The average molecular weight is 313 g/mol. The van der Waals surface area contributed by atoms with Crippen LogP contribution in [0, 0.1) is 0 Å². The van der Waals surface area contributed by atoms with Crippen molar-refractivity contribution in [1.82, 2.24) is 5.32 Å². The number of hydrogen-bond donors (Lipinski definition) is 1. The van der Waals surface area contributed by atoms with Crippen molar-refractivity contribution in [3.63, 3.8) is 0 Å². The minimum atomic E-state index is 0.496. The van der Waals surface area contributed by atoms with Gasteiger partial charge in [-0.25, -0.2) is 0 Å². The quantitative estimate of drug-likeness (QED) is 0.743. The molecule has 0 unspecified atom stereocenters. The summed E-state index contributed by atoms with van der Waals surface area (Å²) in [6.45, 7) is 1.95. The summed E-state index contributed by atoms with van der Waals surface area (Å²) in [5.41, 5.74) is 1.27. The molecule has 1 aliphatic rings. The van der Waals surface area contributed by atoms with Crippen LogP contribution in [0.25, 0.3) is 0 Å². The van der Waals surface area contributed by atoms with Gasteiger partial charge in [0, 0.05) is 22.7 Å². The van der Waals surface area contributed by atoms with Gasteiger partial charge in [0.2, 0.25) is 0 Å². The van der Waals surface area contributed by atoms with Gasteiger partial charge in [-0.1, -0.05) is 0 Å². The second-order valence-corrected chi connectivity index (χ2v) is 7.13. The van der Waals surface area contributed by atoms with Crippen LogP contribution in [0.5, 0.6) is 11.5 Å². The van der Waals surface area contributed by atoms with E-state index in [-0.39, 0.29) is 0 Å². The third-order valence-corrected chi connectivity index (χ3v) is 6.03. The lowest BCUT2D eigenvalue weighted by molar-refractivity contribution is 0.353. The molecule has 0 aliphatic heterocycles. The lowest BCUT2D eigenvalue weighted by atomic mass is 10.2. The number of methoxy groups -OCH3 is 2. The molecule has 1 saturated carbocycles. The monoisotopic (exact) mass is 313 g/mol. The lowest BCUT2D eigenvalue weighted by Crippen LogP contribution is -2.25. The maximum atomic E-state index is 5.39. The number of ether oxygens (including phenoxy) is 2. The number of benzene rings is 1. The molecular formula is C15H23NO2S2. The lowest BCUT2D eigenvalue weighted by Gasteiger charge is -2.16.